The van der Waals surface area contributed by atoms with Crippen molar-refractivity contribution in [1.29, 1.82) is 0 Å². The molecular formula is C21H21N3O4. The van der Waals surface area contributed by atoms with Crippen LogP contribution < -0.4 is 5.32 Å². The summed E-state index contributed by atoms with van der Waals surface area (Å²) in [6.45, 7) is 0.111. The van der Waals surface area contributed by atoms with Crippen molar-refractivity contribution in [2.75, 3.05) is 18.5 Å². The van der Waals surface area contributed by atoms with Gasteiger partial charge in [-0.3, -0.25) is 14.4 Å². The number of nitrogens with zero attached hydrogens (tertiary/aromatic N) is 2. The molecule has 0 bridgehead atoms. The van der Waals surface area contributed by atoms with Crippen LogP contribution in [0.25, 0.3) is 0 Å². The number of rotatable bonds is 7. The van der Waals surface area contributed by atoms with Gasteiger partial charge in [-0.25, -0.2) is 5.01 Å². The molecule has 0 atom stereocenters. The SMILES string of the molecule is O=C(COC(=O)CCC(=O)N1CCC(c2ccccc2)=N1)Nc1ccccc1. The first-order valence-corrected chi connectivity index (χ1v) is 9.05. The van der Waals surface area contributed by atoms with Crippen molar-refractivity contribution in [3.8, 4) is 0 Å². The zero-order valence-corrected chi connectivity index (χ0v) is 15.3. The number of carbonyl (C=O) groups excluding carboxylic acids is 3. The predicted molar refractivity (Wildman–Crippen MR) is 105 cm³/mol. The number of anilines is 1. The van der Waals surface area contributed by atoms with E-state index in [1.54, 1.807) is 24.3 Å². The molecule has 0 fully saturated rings. The molecule has 2 aromatic rings. The summed E-state index contributed by atoms with van der Waals surface area (Å²) in [5, 5.41) is 8.35. The monoisotopic (exact) mass is 379 g/mol. The van der Waals surface area contributed by atoms with E-state index in [-0.39, 0.29) is 25.4 Å². The zero-order chi connectivity index (χ0) is 19.8. The Morgan fingerprint density at radius 3 is 2.36 bits per heavy atom. The summed E-state index contributed by atoms with van der Waals surface area (Å²) >= 11 is 0. The predicted octanol–water partition coefficient (Wildman–Crippen LogP) is 2.59. The Hall–Kier alpha value is -3.48. The maximum atomic E-state index is 12.2. The smallest absolute Gasteiger partial charge is 0.306 e. The van der Waals surface area contributed by atoms with Crippen LogP contribution in [0.5, 0.6) is 0 Å². The highest BCUT2D eigenvalue weighted by molar-refractivity contribution is 6.02. The van der Waals surface area contributed by atoms with Crippen LogP contribution in [0.4, 0.5) is 5.69 Å². The molecule has 7 nitrogen and oxygen atoms in total. The number of hydrazone groups is 1. The molecule has 1 aliphatic rings. The maximum Gasteiger partial charge on any atom is 0.306 e. The lowest BCUT2D eigenvalue weighted by atomic mass is 10.1. The lowest BCUT2D eigenvalue weighted by Gasteiger charge is -2.11. The third-order valence-corrected chi connectivity index (χ3v) is 4.16. The van der Waals surface area contributed by atoms with E-state index in [9.17, 15) is 14.4 Å². The highest BCUT2D eigenvalue weighted by atomic mass is 16.5. The topological polar surface area (TPSA) is 88.1 Å². The minimum absolute atomic E-state index is 0.00922. The van der Waals surface area contributed by atoms with Crippen molar-refractivity contribution in [1.82, 2.24) is 5.01 Å². The highest BCUT2D eigenvalue weighted by Crippen LogP contribution is 2.15. The van der Waals surface area contributed by atoms with Crippen molar-refractivity contribution in [2.45, 2.75) is 19.3 Å². The fourth-order valence-corrected chi connectivity index (χ4v) is 2.75. The van der Waals surface area contributed by atoms with Gasteiger partial charge in [-0.1, -0.05) is 48.5 Å². The van der Waals surface area contributed by atoms with Gasteiger partial charge in [-0.2, -0.15) is 5.10 Å². The molecule has 0 spiro atoms. The molecular weight excluding hydrogens is 358 g/mol. The summed E-state index contributed by atoms with van der Waals surface area (Å²) in [6, 6.07) is 18.5. The molecule has 1 heterocycles. The summed E-state index contributed by atoms with van der Waals surface area (Å²) in [5.41, 5.74) is 2.47. The number of amides is 2. The standard InChI is InChI=1S/C21H21N3O4/c25-19(22-17-9-5-2-6-10-17)15-28-21(27)12-11-20(26)24-14-13-18(23-24)16-7-3-1-4-8-16/h1-10H,11-15H2,(H,22,25). The number of carbonyl (C=O) groups is 3. The van der Waals surface area contributed by atoms with E-state index in [0.717, 1.165) is 11.3 Å². The average molecular weight is 379 g/mol. The second kappa shape index (κ2) is 9.45. The quantitative estimate of drug-likeness (QED) is 0.749. The highest BCUT2D eigenvalue weighted by Gasteiger charge is 2.22. The van der Waals surface area contributed by atoms with Gasteiger partial charge in [0.2, 0.25) is 5.91 Å². The Morgan fingerprint density at radius 1 is 0.964 bits per heavy atom. The molecule has 2 aromatic carbocycles. The van der Waals surface area contributed by atoms with E-state index in [0.29, 0.717) is 18.7 Å². The third-order valence-electron chi connectivity index (χ3n) is 4.16. The Kier molecular flexibility index (Phi) is 6.51. The number of esters is 1. The van der Waals surface area contributed by atoms with Crippen LogP contribution in [0.2, 0.25) is 0 Å². The Labute approximate surface area is 163 Å². The molecule has 7 heteroatoms. The van der Waals surface area contributed by atoms with Crippen molar-refractivity contribution in [2.24, 2.45) is 5.10 Å². The number of para-hydroxylation sites is 1. The fraction of sp³-hybridized carbons (Fsp3) is 0.238. The van der Waals surface area contributed by atoms with Gasteiger partial charge in [-0.15, -0.1) is 0 Å². The summed E-state index contributed by atoms with van der Waals surface area (Å²) < 4.78 is 4.92. The van der Waals surface area contributed by atoms with Crippen LogP contribution in [0, 0.1) is 0 Å². The molecule has 2 amide bonds. The maximum absolute atomic E-state index is 12.2. The summed E-state index contributed by atoms with van der Waals surface area (Å²) in [6.07, 6.45) is 0.578. The molecule has 0 unspecified atom stereocenters. The zero-order valence-electron chi connectivity index (χ0n) is 15.3. The lowest BCUT2D eigenvalue weighted by molar-refractivity contribution is -0.148. The van der Waals surface area contributed by atoms with Gasteiger partial charge in [0.25, 0.3) is 5.91 Å². The molecule has 1 aliphatic heterocycles. The lowest BCUT2D eigenvalue weighted by Crippen LogP contribution is -2.25. The van der Waals surface area contributed by atoms with Gasteiger partial charge >= 0.3 is 5.97 Å². The summed E-state index contributed by atoms with van der Waals surface area (Å²) in [7, 11) is 0. The largest absolute Gasteiger partial charge is 0.456 e. The van der Waals surface area contributed by atoms with Gasteiger partial charge in [0.1, 0.15) is 0 Å². The minimum atomic E-state index is -0.594. The van der Waals surface area contributed by atoms with E-state index < -0.39 is 11.9 Å². The molecule has 0 aromatic heterocycles. The molecule has 144 valence electrons. The Bertz CT molecular complexity index is 866. The molecule has 0 saturated carbocycles. The molecule has 0 radical (unpaired) electrons. The molecule has 1 N–H and O–H groups in total. The number of benzene rings is 2. The summed E-state index contributed by atoms with van der Waals surface area (Å²) in [5.74, 6) is -1.26. The van der Waals surface area contributed by atoms with Crippen molar-refractivity contribution >= 4 is 29.2 Å². The number of hydrogen-bond donors (Lipinski definition) is 1. The average Bonchev–Trinajstić information content (AvgIpc) is 3.22. The van der Waals surface area contributed by atoms with E-state index >= 15 is 0 Å². The normalized spacial score (nSPS) is 13.0. The van der Waals surface area contributed by atoms with Gasteiger partial charge in [0.05, 0.1) is 18.7 Å². The van der Waals surface area contributed by atoms with Gasteiger partial charge < -0.3 is 10.1 Å². The third kappa shape index (κ3) is 5.51. The van der Waals surface area contributed by atoms with Gasteiger partial charge in [0, 0.05) is 18.5 Å². The first-order valence-electron chi connectivity index (χ1n) is 9.05. The fourth-order valence-electron chi connectivity index (χ4n) is 2.75. The second-order valence-electron chi connectivity index (χ2n) is 6.25. The van der Waals surface area contributed by atoms with Gasteiger partial charge in [-0.05, 0) is 17.7 Å². The molecule has 0 saturated heterocycles. The van der Waals surface area contributed by atoms with E-state index in [1.807, 2.05) is 36.4 Å². The Morgan fingerprint density at radius 2 is 1.64 bits per heavy atom. The van der Waals surface area contributed by atoms with E-state index in [1.165, 1.54) is 5.01 Å². The van der Waals surface area contributed by atoms with Crippen LogP contribution in [-0.2, 0) is 19.1 Å². The van der Waals surface area contributed by atoms with Crippen molar-refractivity contribution in [3.63, 3.8) is 0 Å². The second-order valence-corrected chi connectivity index (χ2v) is 6.25. The number of nitrogens with one attached hydrogen (secondary N) is 1. The van der Waals surface area contributed by atoms with Crippen LogP contribution in [0.1, 0.15) is 24.8 Å². The molecule has 28 heavy (non-hydrogen) atoms. The van der Waals surface area contributed by atoms with Crippen LogP contribution >= 0.6 is 0 Å². The van der Waals surface area contributed by atoms with E-state index in [2.05, 4.69) is 10.4 Å². The minimum Gasteiger partial charge on any atom is -0.456 e. The molecule has 0 aliphatic carbocycles. The van der Waals surface area contributed by atoms with Crippen LogP contribution in [0.15, 0.2) is 65.8 Å². The first-order chi connectivity index (χ1) is 13.6. The summed E-state index contributed by atoms with van der Waals surface area (Å²) in [4.78, 5) is 35.8. The van der Waals surface area contributed by atoms with Gasteiger partial charge in [0.15, 0.2) is 6.61 Å². The van der Waals surface area contributed by atoms with Crippen molar-refractivity contribution < 1.29 is 19.1 Å². The number of hydrogen-bond acceptors (Lipinski definition) is 5. The van der Waals surface area contributed by atoms with Crippen molar-refractivity contribution in [3.05, 3.63) is 66.2 Å². The van der Waals surface area contributed by atoms with E-state index in [4.69, 9.17) is 4.74 Å². The molecule has 3 rings (SSSR count). The van der Waals surface area contributed by atoms with Crippen LogP contribution in [0.3, 0.4) is 0 Å². The first kappa shape index (κ1) is 19.3. The van der Waals surface area contributed by atoms with Crippen LogP contribution in [-0.4, -0.2) is 41.7 Å². The Balaban J connectivity index is 1.39. The number of ether oxygens (including phenoxy) is 1.